The van der Waals surface area contributed by atoms with Crippen LogP contribution in [0.25, 0.3) is 10.9 Å². The Morgan fingerprint density at radius 2 is 1.85 bits per heavy atom. The number of aryl methyl sites for hydroxylation is 1. The van der Waals surface area contributed by atoms with E-state index in [1.54, 1.807) is 25.3 Å². The fourth-order valence-electron chi connectivity index (χ4n) is 2.71. The van der Waals surface area contributed by atoms with Crippen molar-refractivity contribution in [2.45, 2.75) is 18.4 Å². The molecule has 6 nitrogen and oxygen atoms in total. The Balaban J connectivity index is 1.91. The van der Waals surface area contributed by atoms with Crippen molar-refractivity contribution in [2.75, 3.05) is 21.2 Å². The molecule has 0 bridgehead atoms. The predicted octanol–water partition coefficient (Wildman–Crippen LogP) is 3.38. The summed E-state index contributed by atoms with van der Waals surface area (Å²) in [6, 6.07) is 14.3. The summed E-state index contributed by atoms with van der Waals surface area (Å²) in [6.07, 6.45) is 0. The van der Waals surface area contributed by atoms with Gasteiger partial charge in [-0.3, -0.25) is 4.98 Å². The number of sulfonamides is 1. The lowest BCUT2D eigenvalue weighted by atomic mass is 10.1. The van der Waals surface area contributed by atoms with Crippen molar-refractivity contribution < 1.29 is 17.9 Å². The Kier molecular flexibility index (Phi) is 5.34. The molecule has 0 N–H and O–H groups in total. The van der Waals surface area contributed by atoms with Crippen molar-refractivity contribution in [3.8, 4) is 11.5 Å². The summed E-state index contributed by atoms with van der Waals surface area (Å²) in [5, 5.41) is 0.844. The summed E-state index contributed by atoms with van der Waals surface area (Å²) in [5.41, 5.74) is 2.42. The van der Waals surface area contributed by atoms with E-state index < -0.39 is 10.0 Å². The molecule has 3 rings (SSSR count). The third-order valence-corrected chi connectivity index (χ3v) is 5.99. The Morgan fingerprint density at radius 3 is 2.56 bits per heavy atom. The minimum Gasteiger partial charge on any atom is -0.497 e. The van der Waals surface area contributed by atoms with Crippen molar-refractivity contribution in [1.29, 1.82) is 0 Å². The molecule has 0 saturated heterocycles. The fourth-order valence-corrected chi connectivity index (χ4v) is 3.69. The van der Waals surface area contributed by atoms with Crippen LogP contribution >= 0.6 is 0 Å². The molecule has 0 aliphatic rings. The summed E-state index contributed by atoms with van der Waals surface area (Å²) in [6.45, 7) is 2.15. The van der Waals surface area contributed by atoms with Crippen LogP contribution in [0.2, 0.25) is 0 Å². The molecule has 0 amide bonds. The van der Waals surface area contributed by atoms with E-state index in [0.29, 0.717) is 5.75 Å². The van der Waals surface area contributed by atoms with Crippen LogP contribution in [0.4, 0.5) is 0 Å². The van der Waals surface area contributed by atoms with Crippen LogP contribution in [0, 0.1) is 6.92 Å². The Bertz CT molecular complexity index is 1080. The summed E-state index contributed by atoms with van der Waals surface area (Å²) >= 11 is 0. The van der Waals surface area contributed by atoms with E-state index in [2.05, 4.69) is 4.98 Å². The largest absolute Gasteiger partial charge is 0.497 e. The van der Waals surface area contributed by atoms with E-state index in [1.165, 1.54) is 18.4 Å². The van der Waals surface area contributed by atoms with Gasteiger partial charge in [0.15, 0.2) is 0 Å². The van der Waals surface area contributed by atoms with Gasteiger partial charge < -0.3 is 9.47 Å². The summed E-state index contributed by atoms with van der Waals surface area (Å²) < 4.78 is 37.1. The van der Waals surface area contributed by atoms with E-state index in [4.69, 9.17) is 9.47 Å². The Morgan fingerprint density at radius 1 is 1.07 bits per heavy atom. The highest BCUT2D eigenvalue weighted by atomic mass is 32.2. The van der Waals surface area contributed by atoms with Gasteiger partial charge in [-0.05, 0) is 42.8 Å². The number of methoxy groups -OCH3 is 1. The maximum Gasteiger partial charge on any atom is 0.242 e. The molecule has 0 aliphatic heterocycles. The topological polar surface area (TPSA) is 68.7 Å². The molecule has 3 aromatic rings. The minimum atomic E-state index is -3.48. The normalized spacial score (nSPS) is 11.7. The summed E-state index contributed by atoms with van der Waals surface area (Å²) in [5.74, 6) is 1.40. The number of nitrogens with zero attached hydrogens (tertiary/aromatic N) is 2. The number of pyridine rings is 1. The van der Waals surface area contributed by atoms with Gasteiger partial charge in [-0.25, -0.2) is 12.7 Å². The summed E-state index contributed by atoms with van der Waals surface area (Å²) in [7, 11) is 1.15. The standard InChI is InChI=1S/C20H22N2O4S/c1-14-10-20(18-12-16(25-4)8-9-19(18)21-14)26-13-15-6-5-7-17(11-15)27(23,24)22(2)3/h5-12H,13H2,1-4H3. The van der Waals surface area contributed by atoms with Gasteiger partial charge in [-0.1, -0.05) is 12.1 Å². The van der Waals surface area contributed by atoms with Crippen LogP contribution in [0.1, 0.15) is 11.3 Å². The van der Waals surface area contributed by atoms with Gasteiger partial charge in [0.2, 0.25) is 10.0 Å². The maximum absolute atomic E-state index is 12.3. The molecule has 0 fully saturated rings. The summed E-state index contributed by atoms with van der Waals surface area (Å²) in [4.78, 5) is 4.75. The lowest BCUT2D eigenvalue weighted by Gasteiger charge is -2.14. The zero-order valence-electron chi connectivity index (χ0n) is 15.8. The third-order valence-electron chi connectivity index (χ3n) is 4.18. The maximum atomic E-state index is 12.3. The van der Waals surface area contributed by atoms with Crippen LogP contribution in [-0.2, 0) is 16.6 Å². The van der Waals surface area contributed by atoms with Crippen molar-refractivity contribution in [2.24, 2.45) is 0 Å². The van der Waals surface area contributed by atoms with Crippen LogP contribution in [0.15, 0.2) is 53.4 Å². The van der Waals surface area contributed by atoms with E-state index >= 15 is 0 Å². The highest BCUT2D eigenvalue weighted by molar-refractivity contribution is 7.89. The highest BCUT2D eigenvalue weighted by Gasteiger charge is 2.17. The molecule has 142 valence electrons. The third kappa shape index (κ3) is 4.04. The van der Waals surface area contributed by atoms with Crippen molar-refractivity contribution in [3.05, 3.63) is 59.8 Å². The second-order valence-electron chi connectivity index (χ2n) is 6.37. The smallest absolute Gasteiger partial charge is 0.242 e. The van der Waals surface area contributed by atoms with Crippen LogP contribution in [-0.4, -0.2) is 38.9 Å². The van der Waals surface area contributed by atoms with Gasteiger partial charge in [0.05, 0.1) is 17.5 Å². The monoisotopic (exact) mass is 386 g/mol. The van der Waals surface area contributed by atoms with Crippen LogP contribution in [0.3, 0.4) is 0 Å². The van der Waals surface area contributed by atoms with Gasteiger partial charge in [0, 0.05) is 31.2 Å². The molecule has 1 aromatic heterocycles. The second kappa shape index (κ2) is 7.54. The van der Waals surface area contributed by atoms with Crippen molar-refractivity contribution in [3.63, 3.8) is 0 Å². The fraction of sp³-hybridized carbons (Fsp3) is 0.250. The lowest BCUT2D eigenvalue weighted by Crippen LogP contribution is -2.22. The predicted molar refractivity (Wildman–Crippen MR) is 105 cm³/mol. The Labute approximate surface area is 159 Å². The van der Waals surface area contributed by atoms with E-state index in [1.807, 2.05) is 37.3 Å². The SMILES string of the molecule is COc1ccc2nc(C)cc(OCc3cccc(S(=O)(=O)N(C)C)c3)c2c1. The molecular weight excluding hydrogens is 364 g/mol. The lowest BCUT2D eigenvalue weighted by molar-refractivity contribution is 0.309. The first-order valence-electron chi connectivity index (χ1n) is 8.41. The van der Waals surface area contributed by atoms with E-state index in [9.17, 15) is 8.42 Å². The molecule has 0 atom stereocenters. The first kappa shape index (κ1) is 19.1. The number of aromatic nitrogens is 1. The average molecular weight is 386 g/mol. The quantitative estimate of drug-likeness (QED) is 0.650. The average Bonchev–Trinajstić information content (AvgIpc) is 2.65. The molecular formula is C20H22N2O4S. The van der Waals surface area contributed by atoms with Crippen molar-refractivity contribution in [1.82, 2.24) is 9.29 Å². The number of ether oxygens (including phenoxy) is 2. The first-order valence-corrected chi connectivity index (χ1v) is 9.85. The molecule has 0 saturated carbocycles. The number of hydrogen-bond donors (Lipinski definition) is 0. The van der Waals surface area contributed by atoms with Gasteiger partial charge in [-0.2, -0.15) is 0 Å². The van der Waals surface area contributed by atoms with Gasteiger partial charge in [0.25, 0.3) is 0 Å². The number of benzene rings is 2. The number of rotatable bonds is 6. The molecule has 0 spiro atoms. The van der Waals surface area contributed by atoms with E-state index in [0.717, 1.165) is 27.9 Å². The van der Waals surface area contributed by atoms with Gasteiger partial charge in [0.1, 0.15) is 18.1 Å². The van der Waals surface area contributed by atoms with Gasteiger partial charge in [-0.15, -0.1) is 0 Å². The minimum absolute atomic E-state index is 0.242. The zero-order valence-corrected chi connectivity index (χ0v) is 16.6. The molecule has 27 heavy (non-hydrogen) atoms. The number of fused-ring (bicyclic) bond motifs is 1. The van der Waals surface area contributed by atoms with Gasteiger partial charge >= 0.3 is 0 Å². The second-order valence-corrected chi connectivity index (χ2v) is 8.52. The van der Waals surface area contributed by atoms with E-state index in [-0.39, 0.29) is 11.5 Å². The molecule has 1 heterocycles. The van der Waals surface area contributed by atoms with Crippen molar-refractivity contribution >= 4 is 20.9 Å². The molecule has 7 heteroatoms. The zero-order chi connectivity index (χ0) is 19.6. The molecule has 0 unspecified atom stereocenters. The molecule has 0 aliphatic carbocycles. The molecule has 2 aromatic carbocycles. The highest BCUT2D eigenvalue weighted by Crippen LogP contribution is 2.29. The van der Waals surface area contributed by atoms with Crippen LogP contribution < -0.4 is 9.47 Å². The van der Waals surface area contributed by atoms with Crippen LogP contribution in [0.5, 0.6) is 11.5 Å². The number of hydrogen-bond acceptors (Lipinski definition) is 5. The first-order chi connectivity index (χ1) is 12.8. The molecule has 0 radical (unpaired) electrons. The Hall–Kier alpha value is -2.64.